The molecule has 2 rings (SSSR count). The van der Waals surface area contributed by atoms with E-state index in [2.05, 4.69) is 0 Å². The van der Waals surface area contributed by atoms with Crippen LogP contribution in [0.1, 0.15) is 12.8 Å². The molecular weight excluding hydrogens is 242 g/mol. The monoisotopic (exact) mass is 259 g/mol. The number of carboxylic acid groups (broad SMARTS) is 1. The molecule has 2 aliphatic rings. The van der Waals surface area contributed by atoms with Gasteiger partial charge >= 0.3 is 5.97 Å². The Kier molecular flexibility index (Phi) is 3.93. The van der Waals surface area contributed by atoms with Crippen molar-refractivity contribution < 1.29 is 19.4 Å². The molecule has 1 spiro atoms. The molecule has 2 heterocycles. The highest BCUT2D eigenvalue weighted by molar-refractivity contribution is 8.00. The maximum Gasteiger partial charge on any atom is 0.313 e. The number of ether oxygens (including phenoxy) is 1. The van der Waals surface area contributed by atoms with E-state index in [1.807, 2.05) is 4.90 Å². The van der Waals surface area contributed by atoms with Crippen molar-refractivity contribution in [1.29, 1.82) is 0 Å². The van der Waals surface area contributed by atoms with E-state index in [0.29, 0.717) is 0 Å². The number of thioether (sulfide) groups is 1. The molecule has 0 aromatic carbocycles. The van der Waals surface area contributed by atoms with E-state index in [-0.39, 0.29) is 22.8 Å². The third-order valence-electron chi connectivity index (χ3n) is 3.43. The Morgan fingerprint density at radius 1 is 1.35 bits per heavy atom. The molecule has 1 N–H and O–H groups in total. The lowest BCUT2D eigenvalue weighted by atomic mass is 9.87. The Balaban J connectivity index is 1.76. The lowest BCUT2D eigenvalue weighted by Gasteiger charge is -2.21. The van der Waals surface area contributed by atoms with Crippen molar-refractivity contribution in [2.24, 2.45) is 5.41 Å². The lowest BCUT2D eigenvalue weighted by Crippen LogP contribution is -2.33. The first-order valence-corrected chi connectivity index (χ1v) is 6.92. The maximum atomic E-state index is 11.8. The number of hydrogen-bond donors (Lipinski definition) is 1. The Morgan fingerprint density at radius 2 is 2.18 bits per heavy atom. The molecule has 6 heteroatoms. The van der Waals surface area contributed by atoms with Crippen LogP contribution in [-0.4, -0.2) is 59.7 Å². The maximum absolute atomic E-state index is 11.8. The van der Waals surface area contributed by atoms with Crippen LogP contribution in [0, 0.1) is 5.41 Å². The zero-order chi connectivity index (χ0) is 12.3. The third kappa shape index (κ3) is 3.13. The van der Waals surface area contributed by atoms with Crippen molar-refractivity contribution in [2.75, 3.05) is 37.8 Å². The SMILES string of the molecule is O=C(O)CSCC(=O)N1CCC2(CCOC2)C1. The van der Waals surface area contributed by atoms with Crippen LogP contribution in [0.4, 0.5) is 0 Å². The summed E-state index contributed by atoms with van der Waals surface area (Å²) in [6, 6.07) is 0. The highest BCUT2D eigenvalue weighted by atomic mass is 32.2. The highest BCUT2D eigenvalue weighted by Gasteiger charge is 2.42. The molecule has 1 atom stereocenters. The summed E-state index contributed by atoms with van der Waals surface area (Å²) >= 11 is 1.17. The van der Waals surface area contributed by atoms with Crippen LogP contribution in [0.5, 0.6) is 0 Å². The summed E-state index contributed by atoms with van der Waals surface area (Å²) in [5, 5.41) is 8.50. The van der Waals surface area contributed by atoms with Gasteiger partial charge in [0.15, 0.2) is 0 Å². The van der Waals surface area contributed by atoms with Gasteiger partial charge in [0, 0.05) is 25.1 Å². The molecule has 1 amide bonds. The standard InChI is InChI=1S/C11H17NO4S/c13-9(5-17-6-10(14)15)12-3-1-11(7-12)2-4-16-8-11/h1-8H2,(H,14,15). The first-order chi connectivity index (χ1) is 8.11. The van der Waals surface area contributed by atoms with Gasteiger partial charge in [0.2, 0.25) is 5.91 Å². The molecule has 2 fully saturated rings. The Hall–Kier alpha value is -0.750. The molecule has 1 unspecified atom stereocenters. The third-order valence-corrected chi connectivity index (χ3v) is 4.33. The normalized spacial score (nSPS) is 27.9. The van der Waals surface area contributed by atoms with Crippen LogP contribution in [0.2, 0.25) is 0 Å². The van der Waals surface area contributed by atoms with Crippen molar-refractivity contribution in [1.82, 2.24) is 4.90 Å². The minimum Gasteiger partial charge on any atom is -0.481 e. The number of likely N-dealkylation sites (tertiary alicyclic amines) is 1. The number of carboxylic acids is 1. The van der Waals surface area contributed by atoms with Gasteiger partial charge in [0.25, 0.3) is 0 Å². The van der Waals surface area contributed by atoms with E-state index < -0.39 is 5.97 Å². The second kappa shape index (κ2) is 5.27. The number of amides is 1. The molecule has 0 saturated carbocycles. The van der Waals surface area contributed by atoms with E-state index >= 15 is 0 Å². The average Bonchev–Trinajstić information content (AvgIpc) is 2.89. The van der Waals surface area contributed by atoms with Crippen LogP contribution in [0.3, 0.4) is 0 Å². The number of rotatable bonds is 4. The zero-order valence-corrected chi connectivity index (χ0v) is 10.5. The molecule has 0 aliphatic carbocycles. The Morgan fingerprint density at radius 3 is 2.82 bits per heavy atom. The van der Waals surface area contributed by atoms with Gasteiger partial charge in [-0.2, -0.15) is 0 Å². The van der Waals surface area contributed by atoms with E-state index in [1.165, 1.54) is 11.8 Å². The lowest BCUT2D eigenvalue weighted by molar-refractivity contribution is -0.133. The highest BCUT2D eigenvalue weighted by Crippen LogP contribution is 2.38. The summed E-state index contributed by atoms with van der Waals surface area (Å²) in [5.74, 6) is -0.554. The van der Waals surface area contributed by atoms with Gasteiger partial charge in [0.05, 0.1) is 18.1 Å². The van der Waals surface area contributed by atoms with Gasteiger partial charge in [-0.25, -0.2) is 0 Å². The second-order valence-electron chi connectivity index (χ2n) is 4.75. The molecule has 2 saturated heterocycles. The van der Waals surface area contributed by atoms with Crippen LogP contribution in [-0.2, 0) is 14.3 Å². The summed E-state index contributed by atoms with van der Waals surface area (Å²) in [7, 11) is 0. The molecule has 0 radical (unpaired) electrons. The van der Waals surface area contributed by atoms with Crippen LogP contribution >= 0.6 is 11.8 Å². The molecule has 17 heavy (non-hydrogen) atoms. The fourth-order valence-electron chi connectivity index (χ4n) is 2.44. The number of carbonyl (C=O) groups excluding carboxylic acids is 1. The molecule has 0 aromatic rings. The van der Waals surface area contributed by atoms with Crippen molar-refractivity contribution in [3.05, 3.63) is 0 Å². The fraction of sp³-hybridized carbons (Fsp3) is 0.818. The molecule has 0 bridgehead atoms. The molecular formula is C11H17NO4S. The molecule has 0 aromatic heterocycles. The van der Waals surface area contributed by atoms with Gasteiger partial charge in [-0.1, -0.05) is 0 Å². The summed E-state index contributed by atoms with van der Waals surface area (Å²) in [6.07, 6.45) is 2.06. The summed E-state index contributed by atoms with van der Waals surface area (Å²) < 4.78 is 5.40. The molecule has 2 aliphatic heterocycles. The van der Waals surface area contributed by atoms with Gasteiger partial charge in [-0.3, -0.25) is 9.59 Å². The van der Waals surface area contributed by atoms with Crippen LogP contribution < -0.4 is 0 Å². The summed E-state index contributed by atoms with van der Waals surface area (Å²) in [4.78, 5) is 24.0. The Labute approximate surface area is 104 Å². The van der Waals surface area contributed by atoms with Crippen molar-refractivity contribution >= 4 is 23.6 Å². The Bertz CT molecular complexity index is 315. The number of nitrogens with zero attached hydrogens (tertiary/aromatic N) is 1. The molecule has 5 nitrogen and oxygen atoms in total. The van der Waals surface area contributed by atoms with Gasteiger partial charge in [-0.15, -0.1) is 11.8 Å². The average molecular weight is 259 g/mol. The molecule has 96 valence electrons. The first-order valence-electron chi connectivity index (χ1n) is 5.76. The predicted molar refractivity (Wildman–Crippen MR) is 64.0 cm³/mol. The largest absolute Gasteiger partial charge is 0.481 e. The van der Waals surface area contributed by atoms with E-state index in [4.69, 9.17) is 9.84 Å². The van der Waals surface area contributed by atoms with Crippen LogP contribution in [0.15, 0.2) is 0 Å². The number of hydrogen-bond acceptors (Lipinski definition) is 4. The second-order valence-corrected chi connectivity index (χ2v) is 5.74. The smallest absolute Gasteiger partial charge is 0.313 e. The number of aliphatic carboxylic acids is 1. The van der Waals surface area contributed by atoms with E-state index in [0.717, 1.165) is 39.1 Å². The van der Waals surface area contributed by atoms with Crippen molar-refractivity contribution in [3.8, 4) is 0 Å². The van der Waals surface area contributed by atoms with E-state index in [1.54, 1.807) is 0 Å². The predicted octanol–water partition coefficient (Wildman–Crippen LogP) is 0.443. The topological polar surface area (TPSA) is 66.8 Å². The summed E-state index contributed by atoms with van der Waals surface area (Å²) in [5.41, 5.74) is 0.188. The van der Waals surface area contributed by atoms with Gasteiger partial charge in [0.1, 0.15) is 0 Å². The van der Waals surface area contributed by atoms with E-state index in [9.17, 15) is 9.59 Å². The minimum atomic E-state index is -0.870. The first kappa shape index (κ1) is 12.7. The van der Waals surface area contributed by atoms with Gasteiger partial charge < -0.3 is 14.7 Å². The summed E-state index contributed by atoms with van der Waals surface area (Å²) in [6.45, 7) is 3.13. The minimum absolute atomic E-state index is 0.00612. The van der Waals surface area contributed by atoms with Gasteiger partial charge in [-0.05, 0) is 12.8 Å². The fourth-order valence-corrected chi connectivity index (χ4v) is 3.07. The van der Waals surface area contributed by atoms with Crippen molar-refractivity contribution in [2.45, 2.75) is 12.8 Å². The van der Waals surface area contributed by atoms with Crippen LogP contribution in [0.25, 0.3) is 0 Å². The zero-order valence-electron chi connectivity index (χ0n) is 9.68. The van der Waals surface area contributed by atoms with Crippen molar-refractivity contribution in [3.63, 3.8) is 0 Å². The number of carbonyl (C=O) groups is 2. The quantitative estimate of drug-likeness (QED) is 0.793.